The van der Waals surface area contributed by atoms with Crippen LogP contribution in [0.5, 0.6) is 5.75 Å². The van der Waals surface area contributed by atoms with Crippen LogP contribution < -0.4 is 10.1 Å². The van der Waals surface area contributed by atoms with Crippen LogP contribution in [0.2, 0.25) is 0 Å². The number of hydrogen-bond donors (Lipinski definition) is 1. The highest BCUT2D eigenvalue weighted by atomic mass is 19.2. The second-order valence-electron chi connectivity index (χ2n) is 5.32. The number of hydrogen-bond acceptors (Lipinski definition) is 4. The topological polar surface area (TPSA) is 67.6 Å². The summed E-state index contributed by atoms with van der Waals surface area (Å²) in [5.74, 6) is -1.03. The zero-order valence-electron chi connectivity index (χ0n) is 13.7. The molecule has 0 aliphatic rings. The average Bonchev–Trinajstić information content (AvgIpc) is 2.86. The van der Waals surface area contributed by atoms with Crippen molar-refractivity contribution in [2.24, 2.45) is 0 Å². The summed E-state index contributed by atoms with van der Waals surface area (Å²) in [5, 5.41) is 6.51. The van der Waals surface area contributed by atoms with Crippen LogP contribution in [-0.4, -0.2) is 36.3 Å². The van der Waals surface area contributed by atoms with Crippen LogP contribution in [0.4, 0.5) is 13.6 Å². The highest BCUT2D eigenvalue weighted by Gasteiger charge is 2.15. The van der Waals surface area contributed by atoms with Crippen molar-refractivity contribution in [2.45, 2.75) is 20.4 Å². The Morgan fingerprint density at radius 2 is 2.08 bits per heavy atom. The monoisotopic (exact) mass is 339 g/mol. The molecular formula is C16H19F2N3O3. The number of carbonyl (C=O) groups excluding carboxylic acids is 1. The Kier molecular flexibility index (Phi) is 5.73. The van der Waals surface area contributed by atoms with Gasteiger partial charge in [-0.25, -0.2) is 13.6 Å². The Balaban J connectivity index is 1.75. The largest absolute Gasteiger partial charge is 0.492 e. The molecule has 0 bridgehead atoms. The smallest absolute Gasteiger partial charge is 0.317 e. The predicted octanol–water partition coefficient (Wildman–Crippen LogP) is 2.79. The van der Waals surface area contributed by atoms with Crippen LogP contribution in [0, 0.1) is 25.5 Å². The standard InChI is InChI=1S/C16H19F2N3O3/c1-10-13(11(2)24-20-10)9-21(3)16(22)19-6-7-23-12-4-5-14(17)15(18)8-12/h4-5,8H,6-7,9H2,1-3H3,(H,19,22). The van der Waals surface area contributed by atoms with Gasteiger partial charge in [0.25, 0.3) is 0 Å². The molecular weight excluding hydrogens is 320 g/mol. The number of halogens is 2. The van der Waals surface area contributed by atoms with Crippen LogP contribution in [0.25, 0.3) is 0 Å². The Hall–Kier alpha value is -2.64. The average molecular weight is 339 g/mol. The van der Waals surface area contributed by atoms with Crippen molar-refractivity contribution < 1.29 is 22.8 Å². The van der Waals surface area contributed by atoms with Crippen molar-refractivity contribution >= 4 is 6.03 Å². The SMILES string of the molecule is Cc1noc(C)c1CN(C)C(=O)NCCOc1ccc(F)c(F)c1. The molecule has 0 saturated carbocycles. The van der Waals surface area contributed by atoms with E-state index in [1.165, 1.54) is 11.0 Å². The Labute approximate surface area is 138 Å². The number of aromatic nitrogens is 1. The first-order chi connectivity index (χ1) is 11.4. The van der Waals surface area contributed by atoms with Crippen LogP contribution in [-0.2, 0) is 6.54 Å². The molecule has 0 fully saturated rings. The number of carbonyl (C=O) groups is 1. The van der Waals surface area contributed by atoms with Crippen LogP contribution in [0.15, 0.2) is 22.7 Å². The van der Waals surface area contributed by atoms with E-state index in [0.29, 0.717) is 12.3 Å². The molecule has 8 heteroatoms. The summed E-state index contributed by atoms with van der Waals surface area (Å²) in [6.45, 7) is 4.33. The maximum Gasteiger partial charge on any atom is 0.317 e. The molecule has 2 aromatic rings. The van der Waals surface area contributed by atoms with Crippen molar-refractivity contribution in [2.75, 3.05) is 20.2 Å². The number of nitrogens with one attached hydrogen (secondary N) is 1. The van der Waals surface area contributed by atoms with Gasteiger partial charge in [0.05, 0.1) is 18.8 Å². The first-order valence-corrected chi connectivity index (χ1v) is 7.37. The highest BCUT2D eigenvalue weighted by Crippen LogP contribution is 2.15. The molecule has 1 heterocycles. The van der Waals surface area contributed by atoms with Crippen LogP contribution >= 0.6 is 0 Å². The molecule has 0 aliphatic heterocycles. The summed E-state index contributed by atoms with van der Waals surface area (Å²) >= 11 is 0. The lowest BCUT2D eigenvalue weighted by Crippen LogP contribution is -2.38. The Morgan fingerprint density at radius 1 is 1.33 bits per heavy atom. The molecule has 130 valence electrons. The van der Waals surface area contributed by atoms with Crippen molar-refractivity contribution in [3.63, 3.8) is 0 Å². The fourth-order valence-corrected chi connectivity index (χ4v) is 2.07. The molecule has 2 amide bonds. The second-order valence-corrected chi connectivity index (χ2v) is 5.32. The Morgan fingerprint density at radius 3 is 2.71 bits per heavy atom. The molecule has 1 aromatic heterocycles. The molecule has 6 nitrogen and oxygen atoms in total. The number of benzene rings is 1. The fraction of sp³-hybridized carbons (Fsp3) is 0.375. The minimum absolute atomic E-state index is 0.135. The molecule has 0 atom stereocenters. The molecule has 0 aliphatic carbocycles. The van der Waals surface area contributed by atoms with E-state index in [1.54, 1.807) is 14.0 Å². The summed E-state index contributed by atoms with van der Waals surface area (Å²) < 4.78 is 36.1. The third-order valence-corrected chi connectivity index (χ3v) is 3.46. The van der Waals surface area contributed by atoms with Gasteiger partial charge in [-0.1, -0.05) is 5.16 Å². The third-order valence-electron chi connectivity index (χ3n) is 3.46. The maximum atomic E-state index is 13.0. The maximum absolute atomic E-state index is 13.0. The van der Waals surface area contributed by atoms with Crippen molar-refractivity contribution in [1.82, 2.24) is 15.4 Å². The molecule has 0 unspecified atom stereocenters. The van der Waals surface area contributed by atoms with Gasteiger partial charge in [0.2, 0.25) is 0 Å². The van der Waals surface area contributed by atoms with E-state index in [2.05, 4.69) is 10.5 Å². The van der Waals surface area contributed by atoms with E-state index in [9.17, 15) is 13.6 Å². The van der Waals surface area contributed by atoms with Crippen molar-refractivity contribution in [3.05, 3.63) is 46.9 Å². The summed E-state index contributed by atoms with van der Waals surface area (Å²) in [6, 6.07) is 2.98. The van der Waals surface area contributed by atoms with E-state index < -0.39 is 11.6 Å². The summed E-state index contributed by atoms with van der Waals surface area (Å²) in [6.07, 6.45) is 0. The van der Waals surface area contributed by atoms with E-state index in [1.807, 2.05) is 6.92 Å². The van der Waals surface area contributed by atoms with Gasteiger partial charge in [-0.15, -0.1) is 0 Å². The zero-order chi connectivity index (χ0) is 17.7. The Bertz CT molecular complexity index is 699. The van der Waals surface area contributed by atoms with Gasteiger partial charge in [-0.2, -0.15) is 0 Å². The quantitative estimate of drug-likeness (QED) is 0.822. The number of rotatable bonds is 6. The molecule has 1 N–H and O–H groups in total. The minimum atomic E-state index is -0.976. The predicted molar refractivity (Wildman–Crippen MR) is 82.7 cm³/mol. The summed E-state index contributed by atoms with van der Waals surface area (Å²) in [4.78, 5) is 13.5. The molecule has 1 aromatic carbocycles. The zero-order valence-corrected chi connectivity index (χ0v) is 13.7. The van der Waals surface area contributed by atoms with Gasteiger partial charge in [0.15, 0.2) is 11.6 Å². The summed E-state index contributed by atoms with van der Waals surface area (Å²) in [5.41, 5.74) is 1.61. The van der Waals surface area contributed by atoms with E-state index in [-0.39, 0.29) is 24.9 Å². The third kappa shape index (κ3) is 4.43. The summed E-state index contributed by atoms with van der Waals surface area (Å²) in [7, 11) is 1.65. The van der Waals surface area contributed by atoms with Crippen LogP contribution in [0.3, 0.4) is 0 Å². The van der Waals surface area contributed by atoms with Gasteiger partial charge >= 0.3 is 6.03 Å². The first-order valence-electron chi connectivity index (χ1n) is 7.37. The van der Waals surface area contributed by atoms with Crippen LogP contribution in [0.1, 0.15) is 17.0 Å². The van der Waals surface area contributed by atoms with Gasteiger partial charge in [-0.05, 0) is 26.0 Å². The van der Waals surface area contributed by atoms with E-state index in [0.717, 1.165) is 23.4 Å². The van der Waals surface area contributed by atoms with Crippen molar-refractivity contribution in [1.29, 1.82) is 0 Å². The molecule has 0 saturated heterocycles. The number of aryl methyl sites for hydroxylation is 2. The number of urea groups is 1. The van der Waals surface area contributed by atoms with Gasteiger partial charge in [0, 0.05) is 18.7 Å². The van der Waals surface area contributed by atoms with Gasteiger partial charge in [-0.3, -0.25) is 0 Å². The first kappa shape index (κ1) is 17.7. The lowest BCUT2D eigenvalue weighted by molar-refractivity contribution is 0.203. The lowest BCUT2D eigenvalue weighted by Gasteiger charge is -2.18. The second kappa shape index (κ2) is 7.76. The normalized spacial score (nSPS) is 10.5. The number of nitrogens with zero attached hydrogens (tertiary/aromatic N) is 2. The van der Waals surface area contributed by atoms with Gasteiger partial charge in [0.1, 0.15) is 18.1 Å². The minimum Gasteiger partial charge on any atom is -0.492 e. The van der Waals surface area contributed by atoms with E-state index in [4.69, 9.17) is 9.26 Å². The van der Waals surface area contributed by atoms with Gasteiger partial charge < -0.3 is 19.5 Å². The molecule has 24 heavy (non-hydrogen) atoms. The van der Waals surface area contributed by atoms with Crippen molar-refractivity contribution in [3.8, 4) is 5.75 Å². The molecule has 0 spiro atoms. The molecule has 0 radical (unpaired) electrons. The fourth-order valence-electron chi connectivity index (χ4n) is 2.07. The lowest BCUT2D eigenvalue weighted by atomic mass is 10.2. The number of ether oxygens (including phenoxy) is 1. The number of amides is 2. The van der Waals surface area contributed by atoms with E-state index >= 15 is 0 Å². The highest BCUT2D eigenvalue weighted by molar-refractivity contribution is 5.73. The molecule has 2 rings (SSSR count).